The van der Waals surface area contributed by atoms with Crippen LogP contribution < -0.4 is 14.8 Å². The number of carboxylic acid groups (broad SMARTS) is 1. The summed E-state index contributed by atoms with van der Waals surface area (Å²) in [6.45, 7) is 9.10. The highest BCUT2D eigenvalue weighted by atomic mass is 35.5. The van der Waals surface area contributed by atoms with Crippen molar-refractivity contribution in [1.29, 1.82) is 0 Å². The molecule has 6 heteroatoms. The molecular weight excluding hydrogens is 318 g/mol. The van der Waals surface area contributed by atoms with Crippen LogP contribution in [0.15, 0.2) is 12.1 Å². The van der Waals surface area contributed by atoms with E-state index in [1.807, 2.05) is 33.8 Å². The number of halogens is 1. The molecular formula is C17H26ClNO4. The summed E-state index contributed by atoms with van der Waals surface area (Å²) in [5.41, 5.74) is 0.856. The second-order valence-electron chi connectivity index (χ2n) is 5.63. The molecule has 0 heterocycles. The molecule has 0 saturated carbocycles. The van der Waals surface area contributed by atoms with Crippen LogP contribution in [0.2, 0.25) is 5.02 Å². The van der Waals surface area contributed by atoms with Gasteiger partial charge in [0.1, 0.15) is 6.04 Å². The van der Waals surface area contributed by atoms with Gasteiger partial charge >= 0.3 is 5.97 Å². The van der Waals surface area contributed by atoms with Crippen molar-refractivity contribution in [1.82, 2.24) is 5.32 Å². The Morgan fingerprint density at radius 3 is 2.52 bits per heavy atom. The molecule has 0 amide bonds. The number of nitrogens with one attached hydrogen (secondary N) is 1. The fourth-order valence-corrected chi connectivity index (χ4v) is 2.45. The molecule has 0 bridgehead atoms. The van der Waals surface area contributed by atoms with Crippen molar-refractivity contribution in [2.45, 2.75) is 46.7 Å². The number of aliphatic carboxylic acids is 1. The lowest BCUT2D eigenvalue weighted by molar-refractivity contribution is -0.140. The monoisotopic (exact) mass is 343 g/mol. The van der Waals surface area contributed by atoms with Crippen LogP contribution >= 0.6 is 11.6 Å². The first-order chi connectivity index (χ1) is 10.9. The van der Waals surface area contributed by atoms with E-state index in [0.29, 0.717) is 36.3 Å². The first kappa shape index (κ1) is 19.6. The predicted octanol–water partition coefficient (Wildman–Crippen LogP) is 3.73. The highest BCUT2D eigenvalue weighted by Crippen LogP contribution is 2.36. The van der Waals surface area contributed by atoms with E-state index in [0.717, 1.165) is 12.0 Å². The summed E-state index contributed by atoms with van der Waals surface area (Å²) in [5.74, 6) is 0.250. The summed E-state index contributed by atoms with van der Waals surface area (Å²) in [4.78, 5) is 11.2. The van der Waals surface area contributed by atoms with Crippen molar-refractivity contribution in [2.24, 2.45) is 5.92 Å². The quantitative estimate of drug-likeness (QED) is 0.677. The van der Waals surface area contributed by atoms with Crippen molar-refractivity contribution < 1.29 is 19.4 Å². The number of ether oxygens (including phenoxy) is 2. The van der Waals surface area contributed by atoms with Gasteiger partial charge in [0.2, 0.25) is 0 Å². The van der Waals surface area contributed by atoms with Crippen LogP contribution in [0.25, 0.3) is 0 Å². The molecule has 0 radical (unpaired) electrons. The second kappa shape index (κ2) is 9.63. The van der Waals surface area contributed by atoms with Crippen LogP contribution in [0.4, 0.5) is 0 Å². The molecule has 0 spiro atoms. The Morgan fingerprint density at radius 1 is 1.30 bits per heavy atom. The number of carboxylic acids is 1. The van der Waals surface area contributed by atoms with Gasteiger partial charge in [-0.05, 0) is 37.0 Å². The molecule has 0 aliphatic rings. The lowest BCUT2D eigenvalue weighted by Crippen LogP contribution is -2.40. The number of hydrogen-bond acceptors (Lipinski definition) is 4. The zero-order valence-corrected chi connectivity index (χ0v) is 14.9. The Kier molecular flexibility index (Phi) is 8.20. The number of hydrogen-bond donors (Lipinski definition) is 2. The molecule has 23 heavy (non-hydrogen) atoms. The van der Waals surface area contributed by atoms with Crippen LogP contribution in [0.5, 0.6) is 11.5 Å². The number of rotatable bonds is 10. The first-order valence-electron chi connectivity index (χ1n) is 7.94. The van der Waals surface area contributed by atoms with Gasteiger partial charge in [0.15, 0.2) is 11.5 Å². The van der Waals surface area contributed by atoms with Crippen LogP contribution in [-0.2, 0) is 11.3 Å². The molecule has 1 aromatic rings. The molecule has 5 nitrogen and oxygen atoms in total. The van der Waals surface area contributed by atoms with Gasteiger partial charge in [0.05, 0.1) is 18.2 Å². The SMILES string of the molecule is CCCOc1c(Cl)cc(CNC(C(=O)O)C(C)C)cc1OCC. The zero-order valence-electron chi connectivity index (χ0n) is 14.2. The summed E-state index contributed by atoms with van der Waals surface area (Å²) in [6.07, 6.45) is 0.875. The summed E-state index contributed by atoms with van der Waals surface area (Å²) in [7, 11) is 0. The Morgan fingerprint density at radius 2 is 2.00 bits per heavy atom. The van der Waals surface area contributed by atoms with Gasteiger partial charge in [-0.25, -0.2) is 0 Å². The van der Waals surface area contributed by atoms with Crippen LogP contribution in [-0.4, -0.2) is 30.3 Å². The molecule has 1 unspecified atom stereocenters. The summed E-state index contributed by atoms with van der Waals surface area (Å²) < 4.78 is 11.3. The molecule has 0 saturated heterocycles. The lowest BCUT2D eigenvalue weighted by Gasteiger charge is -2.19. The zero-order chi connectivity index (χ0) is 17.4. The topological polar surface area (TPSA) is 67.8 Å². The third kappa shape index (κ3) is 5.92. The predicted molar refractivity (Wildman–Crippen MR) is 91.5 cm³/mol. The van der Waals surface area contributed by atoms with Crippen LogP contribution in [0.1, 0.15) is 39.7 Å². The minimum atomic E-state index is -0.862. The summed E-state index contributed by atoms with van der Waals surface area (Å²) >= 11 is 6.30. The smallest absolute Gasteiger partial charge is 0.320 e. The van der Waals surface area contributed by atoms with E-state index >= 15 is 0 Å². The Labute approximate surface area is 142 Å². The van der Waals surface area contributed by atoms with E-state index in [2.05, 4.69) is 5.32 Å². The third-order valence-corrected chi connectivity index (χ3v) is 3.56. The van der Waals surface area contributed by atoms with E-state index in [9.17, 15) is 9.90 Å². The molecule has 1 rings (SSSR count). The lowest BCUT2D eigenvalue weighted by atomic mass is 10.0. The van der Waals surface area contributed by atoms with Gasteiger partial charge in [-0.15, -0.1) is 0 Å². The Hall–Kier alpha value is -1.46. The molecule has 1 atom stereocenters. The van der Waals surface area contributed by atoms with Gasteiger partial charge in [-0.2, -0.15) is 0 Å². The minimum absolute atomic E-state index is 0.0125. The van der Waals surface area contributed by atoms with Gasteiger partial charge in [0, 0.05) is 6.54 Å². The van der Waals surface area contributed by atoms with Crippen molar-refractivity contribution in [2.75, 3.05) is 13.2 Å². The maximum absolute atomic E-state index is 11.2. The fraction of sp³-hybridized carbons (Fsp3) is 0.588. The highest BCUT2D eigenvalue weighted by Gasteiger charge is 2.21. The maximum Gasteiger partial charge on any atom is 0.320 e. The average Bonchev–Trinajstić information content (AvgIpc) is 2.46. The van der Waals surface area contributed by atoms with Crippen molar-refractivity contribution in [3.05, 3.63) is 22.7 Å². The normalized spacial score (nSPS) is 12.3. The first-order valence-corrected chi connectivity index (χ1v) is 8.32. The molecule has 2 N–H and O–H groups in total. The van der Waals surface area contributed by atoms with E-state index in [1.165, 1.54) is 0 Å². The molecule has 0 aromatic heterocycles. The summed E-state index contributed by atoms with van der Waals surface area (Å²) in [6, 6.07) is 3.01. The highest BCUT2D eigenvalue weighted by molar-refractivity contribution is 6.32. The minimum Gasteiger partial charge on any atom is -0.490 e. The van der Waals surface area contributed by atoms with E-state index in [4.69, 9.17) is 21.1 Å². The molecule has 0 aliphatic carbocycles. The van der Waals surface area contributed by atoms with Gasteiger partial charge in [0.25, 0.3) is 0 Å². The van der Waals surface area contributed by atoms with Gasteiger partial charge in [-0.1, -0.05) is 32.4 Å². The summed E-state index contributed by atoms with van der Waals surface area (Å²) in [5, 5.41) is 12.7. The van der Waals surface area contributed by atoms with E-state index in [-0.39, 0.29) is 5.92 Å². The number of benzene rings is 1. The van der Waals surface area contributed by atoms with Crippen LogP contribution in [0.3, 0.4) is 0 Å². The van der Waals surface area contributed by atoms with Crippen molar-refractivity contribution >= 4 is 17.6 Å². The molecule has 0 fully saturated rings. The maximum atomic E-state index is 11.2. The van der Waals surface area contributed by atoms with E-state index < -0.39 is 12.0 Å². The van der Waals surface area contributed by atoms with Crippen LogP contribution in [0, 0.1) is 5.92 Å². The Balaban J connectivity index is 2.93. The molecule has 0 aliphatic heterocycles. The third-order valence-electron chi connectivity index (χ3n) is 3.28. The molecule has 130 valence electrons. The van der Waals surface area contributed by atoms with Gasteiger partial charge in [-0.3, -0.25) is 4.79 Å². The largest absolute Gasteiger partial charge is 0.490 e. The second-order valence-corrected chi connectivity index (χ2v) is 6.03. The molecule has 1 aromatic carbocycles. The number of carbonyl (C=O) groups is 1. The average molecular weight is 344 g/mol. The fourth-order valence-electron chi connectivity index (χ4n) is 2.17. The van der Waals surface area contributed by atoms with E-state index in [1.54, 1.807) is 6.07 Å². The van der Waals surface area contributed by atoms with Crippen molar-refractivity contribution in [3.63, 3.8) is 0 Å². The van der Waals surface area contributed by atoms with Gasteiger partial charge < -0.3 is 19.9 Å². The standard InChI is InChI=1S/C17H26ClNO4/c1-5-7-23-16-13(18)8-12(9-14(16)22-6-2)10-19-15(11(3)4)17(20)21/h8-9,11,15,19H,5-7,10H2,1-4H3,(H,20,21). The Bertz CT molecular complexity index is 520. The van der Waals surface area contributed by atoms with Crippen molar-refractivity contribution in [3.8, 4) is 11.5 Å².